The Morgan fingerprint density at radius 2 is 1.72 bits per heavy atom. The zero-order chi connectivity index (χ0) is 20.5. The fraction of sp³-hybridized carbons (Fsp3) is 0.458. The maximum absolute atomic E-state index is 12.6. The molecule has 0 bridgehead atoms. The second kappa shape index (κ2) is 10.9. The van der Waals surface area contributed by atoms with Crippen LogP contribution in [0.5, 0.6) is 11.5 Å². The lowest BCUT2D eigenvalue weighted by atomic mass is 10.1. The van der Waals surface area contributed by atoms with Crippen molar-refractivity contribution in [3.8, 4) is 11.5 Å². The Labute approximate surface area is 174 Å². The maximum atomic E-state index is 12.6. The van der Waals surface area contributed by atoms with Crippen LogP contribution in [0.25, 0.3) is 0 Å². The number of piperidine rings is 1. The Morgan fingerprint density at radius 1 is 1.03 bits per heavy atom. The molecule has 1 N–H and O–H groups in total. The molecule has 5 nitrogen and oxygen atoms in total. The molecule has 0 radical (unpaired) electrons. The minimum absolute atomic E-state index is 0.0928. The molecule has 1 unspecified atom stereocenters. The van der Waals surface area contributed by atoms with Crippen LogP contribution in [0, 0.1) is 0 Å². The number of nitrogens with one attached hydrogen (secondary N) is 1. The van der Waals surface area contributed by atoms with Crippen LogP contribution in [0.1, 0.15) is 43.7 Å². The van der Waals surface area contributed by atoms with Gasteiger partial charge < -0.3 is 14.8 Å². The number of hydrogen-bond donors (Lipinski definition) is 1. The molecule has 156 valence electrons. The van der Waals surface area contributed by atoms with E-state index in [1.807, 2.05) is 31.2 Å². The molecule has 1 aliphatic heterocycles. The number of carbonyl (C=O) groups excluding carboxylic acids is 1. The van der Waals surface area contributed by atoms with Crippen LogP contribution in [0.15, 0.2) is 48.5 Å². The van der Waals surface area contributed by atoms with Crippen LogP contribution in [0.2, 0.25) is 0 Å². The van der Waals surface area contributed by atoms with Crippen molar-refractivity contribution >= 4 is 5.91 Å². The first-order valence-electron chi connectivity index (χ1n) is 10.6. The third-order valence-corrected chi connectivity index (χ3v) is 5.31. The summed E-state index contributed by atoms with van der Waals surface area (Å²) in [6.45, 7) is 5.81. The van der Waals surface area contributed by atoms with E-state index in [0.29, 0.717) is 18.7 Å². The monoisotopic (exact) mass is 396 g/mol. The van der Waals surface area contributed by atoms with Gasteiger partial charge in [0, 0.05) is 13.1 Å². The van der Waals surface area contributed by atoms with Gasteiger partial charge in [-0.25, -0.2) is 0 Å². The Kier molecular flexibility index (Phi) is 7.94. The van der Waals surface area contributed by atoms with E-state index in [0.717, 1.165) is 17.9 Å². The predicted octanol–water partition coefficient (Wildman–Crippen LogP) is 4.15. The first-order valence-corrected chi connectivity index (χ1v) is 10.6. The first-order chi connectivity index (χ1) is 14.2. The number of benzene rings is 2. The Bertz CT molecular complexity index is 770. The summed E-state index contributed by atoms with van der Waals surface area (Å²) in [4.78, 5) is 15.1. The van der Waals surface area contributed by atoms with Crippen molar-refractivity contribution in [3.63, 3.8) is 0 Å². The predicted molar refractivity (Wildman–Crippen MR) is 115 cm³/mol. The largest absolute Gasteiger partial charge is 0.497 e. The molecule has 1 saturated heterocycles. The van der Waals surface area contributed by atoms with E-state index < -0.39 is 6.10 Å². The summed E-state index contributed by atoms with van der Waals surface area (Å²) in [7, 11) is 1.62. The topological polar surface area (TPSA) is 50.8 Å². The SMILES string of the molecule is CCC(Oc1ccc(OC)cc1)C(=O)NCc1cccc(CN2CCCCC2)c1. The number of nitrogens with zero attached hydrogens (tertiary/aromatic N) is 1. The smallest absolute Gasteiger partial charge is 0.261 e. The van der Waals surface area contributed by atoms with E-state index >= 15 is 0 Å². The molecule has 2 aromatic carbocycles. The average Bonchev–Trinajstić information content (AvgIpc) is 2.77. The molecule has 0 saturated carbocycles. The minimum atomic E-state index is -0.514. The quantitative estimate of drug-likeness (QED) is 0.692. The van der Waals surface area contributed by atoms with Gasteiger partial charge in [-0.1, -0.05) is 37.6 Å². The third-order valence-electron chi connectivity index (χ3n) is 5.31. The number of methoxy groups -OCH3 is 1. The minimum Gasteiger partial charge on any atom is -0.497 e. The first kappa shape index (κ1) is 21.2. The van der Waals surface area contributed by atoms with Crippen molar-refractivity contribution in [3.05, 3.63) is 59.7 Å². The Morgan fingerprint density at radius 3 is 2.41 bits per heavy atom. The summed E-state index contributed by atoms with van der Waals surface area (Å²) in [5.41, 5.74) is 2.42. The summed E-state index contributed by atoms with van der Waals surface area (Å²) in [5, 5.41) is 3.02. The fourth-order valence-corrected chi connectivity index (χ4v) is 3.66. The standard InChI is InChI=1S/C24H32N2O3/c1-3-23(29-22-12-10-21(28-2)11-13-22)24(27)25-17-19-8-7-9-20(16-19)18-26-14-5-4-6-15-26/h7-13,16,23H,3-6,14-15,17-18H2,1-2H3,(H,25,27). The van der Waals surface area contributed by atoms with Crippen molar-refractivity contribution in [1.29, 1.82) is 0 Å². The zero-order valence-corrected chi connectivity index (χ0v) is 17.5. The van der Waals surface area contributed by atoms with Crippen molar-refractivity contribution < 1.29 is 14.3 Å². The molecule has 0 spiro atoms. The molecule has 0 aliphatic carbocycles. The molecule has 29 heavy (non-hydrogen) atoms. The summed E-state index contributed by atoms with van der Waals surface area (Å²) in [6, 6.07) is 15.8. The molecule has 3 rings (SSSR count). The van der Waals surface area contributed by atoms with Crippen LogP contribution in [0.3, 0.4) is 0 Å². The third kappa shape index (κ3) is 6.50. The second-order valence-corrected chi connectivity index (χ2v) is 7.56. The van der Waals surface area contributed by atoms with Gasteiger partial charge in [-0.05, 0) is 67.7 Å². The normalized spacial score (nSPS) is 15.5. The van der Waals surface area contributed by atoms with Crippen molar-refractivity contribution in [2.24, 2.45) is 0 Å². The molecule has 1 fully saturated rings. The van der Waals surface area contributed by atoms with Gasteiger partial charge >= 0.3 is 0 Å². The lowest BCUT2D eigenvalue weighted by molar-refractivity contribution is -0.128. The molecule has 1 aliphatic rings. The summed E-state index contributed by atoms with van der Waals surface area (Å²) >= 11 is 0. The van der Waals surface area contributed by atoms with Gasteiger partial charge in [0.25, 0.3) is 5.91 Å². The molecule has 1 amide bonds. The van der Waals surface area contributed by atoms with Gasteiger partial charge in [0.05, 0.1) is 7.11 Å². The number of likely N-dealkylation sites (tertiary alicyclic amines) is 1. The van der Waals surface area contributed by atoms with E-state index in [1.165, 1.54) is 37.9 Å². The van der Waals surface area contributed by atoms with E-state index in [1.54, 1.807) is 7.11 Å². The van der Waals surface area contributed by atoms with E-state index in [2.05, 4.69) is 34.5 Å². The van der Waals surface area contributed by atoms with Crippen LogP contribution in [0.4, 0.5) is 0 Å². The van der Waals surface area contributed by atoms with Crippen molar-refractivity contribution in [2.75, 3.05) is 20.2 Å². The highest BCUT2D eigenvalue weighted by Crippen LogP contribution is 2.19. The van der Waals surface area contributed by atoms with E-state index in [-0.39, 0.29) is 5.91 Å². The molecule has 5 heteroatoms. The fourth-order valence-electron chi connectivity index (χ4n) is 3.66. The van der Waals surface area contributed by atoms with E-state index in [9.17, 15) is 4.79 Å². The van der Waals surface area contributed by atoms with E-state index in [4.69, 9.17) is 9.47 Å². The summed E-state index contributed by atoms with van der Waals surface area (Å²) in [5.74, 6) is 1.33. The lowest BCUT2D eigenvalue weighted by Gasteiger charge is -2.26. The summed E-state index contributed by atoms with van der Waals surface area (Å²) < 4.78 is 11.0. The number of ether oxygens (including phenoxy) is 2. The highest BCUT2D eigenvalue weighted by Gasteiger charge is 2.18. The highest BCUT2D eigenvalue weighted by atomic mass is 16.5. The zero-order valence-electron chi connectivity index (χ0n) is 17.5. The maximum Gasteiger partial charge on any atom is 0.261 e. The van der Waals surface area contributed by atoms with Gasteiger partial charge in [0.2, 0.25) is 0 Å². The van der Waals surface area contributed by atoms with Crippen LogP contribution >= 0.6 is 0 Å². The molecule has 0 aromatic heterocycles. The van der Waals surface area contributed by atoms with Crippen molar-refractivity contribution in [1.82, 2.24) is 10.2 Å². The van der Waals surface area contributed by atoms with Crippen LogP contribution in [-0.4, -0.2) is 37.1 Å². The van der Waals surface area contributed by atoms with Gasteiger partial charge in [-0.15, -0.1) is 0 Å². The van der Waals surface area contributed by atoms with Crippen molar-refractivity contribution in [2.45, 2.75) is 51.8 Å². The number of carbonyl (C=O) groups is 1. The highest BCUT2D eigenvalue weighted by molar-refractivity contribution is 5.81. The Hall–Kier alpha value is -2.53. The molecular formula is C24H32N2O3. The van der Waals surface area contributed by atoms with Crippen LogP contribution < -0.4 is 14.8 Å². The van der Waals surface area contributed by atoms with Gasteiger partial charge in [0.15, 0.2) is 6.10 Å². The summed E-state index contributed by atoms with van der Waals surface area (Å²) in [6.07, 6.45) is 4.03. The lowest BCUT2D eigenvalue weighted by Crippen LogP contribution is -2.37. The number of hydrogen-bond acceptors (Lipinski definition) is 4. The van der Waals surface area contributed by atoms with Gasteiger partial charge in [0.1, 0.15) is 11.5 Å². The molecule has 1 heterocycles. The Balaban J connectivity index is 1.52. The molecule has 2 aromatic rings. The average molecular weight is 397 g/mol. The van der Waals surface area contributed by atoms with Gasteiger partial charge in [-0.2, -0.15) is 0 Å². The van der Waals surface area contributed by atoms with Crippen LogP contribution in [-0.2, 0) is 17.9 Å². The van der Waals surface area contributed by atoms with Gasteiger partial charge in [-0.3, -0.25) is 9.69 Å². The number of amides is 1. The second-order valence-electron chi connectivity index (χ2n) is 7.56. The number of rotatable bonds is 9. The molecule has 1 atom stereocenters. The molecular weight excluding hydrogens is 364 g/mol.